The normalized spacial score (nSPS) is 42.7. The van der Waals surface area contributed by atoms with Crippen molar-refractivity contribution in [1.82, 2.24) is 0 Å². The average molecular weight is 198 g/mol. The molecule has 0 spiro atoms. The van der Waals surface area contributed by atoms with Gasteiger partial charge in [0.1, 0.15) is 0 Å². The van der Waals surface area contributed by atoms with Crippen LogP contribution in [0.5, 0.6) is 0 Å². The summed E-state index contributed by atoms with van der Waals surface area (Å²) in [7, 11) is 0. The van der Waals surface area contributed by atoms with Crippen molar-refractivity contribution in [2.75, 3.05) is 0 Å². The predicted octanol–water partition coefficient (Wildman–Crippen LogP) is 1.65. The molecule has 13 heavy (non-hydrogen) atoms. The molecule has 0 saturated carbocycles. The Kier molecular flexibility index (Phi) is 1.59. The minimum Gasteiger partial charge on any atom is -0.372 e. The molecule has 2 aliphatic rings. The molecule has 1 heterocycles. The summed E-state index contributed by atoms with van der Waals surface area (Å²) in [6, 6.07) is 0. The third-order valence-electron chi connectivity index (χ3n) is 2.49. The topological polar surface area (TPSA) is 40.5 Å². The lowest BCUT2D eigenvalue weighted by Gasteiger charge is -2.24. The highest BCUT2D eigenvalue weighted by Crippen LogP contribution is 2.64. The molecule has 0 amide bonds. The summed E-state index contributed by atoms with van der Waals surface area (Å²) in [5.74, 6) is 0. The van der Waals surface area contributed by atoms with Gasteiger partial charge in [0.2, 0.25) is 0 Å². The molecule has 72 valence electrons. The van der Waals surface area contributed by atoms with E-state index in [1.807, 2.05) is 6.08 Å². The van der Waals surface area contributed by atoms with Crippen molar-refractivity contribution >= 4 is 11.8 Å². The summed E-state index contributed by atoms with van der Waals surface area (Å²) >= 11 is 1.17. The number of hydrogen-bond donors (Lipinski definition) is 2. The molecule has 0 aromatic rings. The summed E-state index contributed by atoms with van der Waals surface area (Å²) in [5, 5.41) is 19.5. The molecule has 2 N–H and O–H groups in total. The molecule has 1 aliphatic carbocycles. The summed E-state index contributed by atoms with van der Waals surface area (Å²) in [6.45, 7) is 6.26. The van der Waals surface area contributed by atoms with E-state index in [1.165, 1.54) is 11.8 Å². The van der Waals surface area contributed by atoms with E-state index >= 15 is 0 Å². The summed E-state index contributed by atoms with van der Waals surface area (Å²) in [4.78, 5) is -2.12. The highest BCUT2D eigenvalue weighted by atomic mass is 32.2. The largest absolute Gasteiger partial charge is 0.372 e. The summed E-state index contributed by atoms with van der Waals surface area (Å²) in [6.07, 6.45) is 5.34. The fourth-order valence-corrected chi connectivity index (χ4v) is 2.30. The second-order valence-electron chi connectivity index (χ2n) is 4.68. The van der Waals surface area contributed by atoms with Crippen LogP contribution >= 0.6 is 11.8 Å². The maximum atomic E-state index is 9.83. The number of rotatable bonds is 0. The first-order chi connectivity index (χ1) is 5.77. The molecule has 2 atom stereocenters. The van der Waals surface area contributed by atoms with Crippen LogP contribution < -0.4 is 0 Å². The van der Waals surface area contributed by atoms with Gasteiger partial charge in [0.05, 0.1) is 0 Å². The summed E-state index contributed by atoms with van der Waals surface area (Å²) in [5.41, 5.74) is 1.10. The van der Waals surface area contributed by atoms with Gasteiger partial charge in [-0.25, -0.2) is 0 Å². The molecule has 0 radical (unpaired) electrons. The second kappa shape index (κ2) is 2.22. The standard InChI is InChI=1S/C10H14O2S/c1-8(2,3)7-4-5-9(11)10(12,6-7)13-9/h4-6,11-12H,1-3H3. The Morgan fingerprint density at radius 2 is 1.85 bits per heavy atom. The van der Waals surface area contributed by atoms with Crippen LogP contribution in [0.2, 0.25) is 0 Å². The number of hydrogen-bond acceptors (Lipinski definition) is 3. The van der Waals surface area contributed by atoms with Crippen molar-refractivity contribution in [2.45, 2.75) is 30.6 Å². The lowest BCUT2D eigenvalue weighted by Crippen LogP contribution is -2.26. The van der Waals surface area contributed by atoms with Gasteiger partial charge in [-0.1, -0.05) is 38.6 Å². The molecule has 2 nitrogen and oxygen atoms in total. The van der Waals surface area contributed by atoms with Crippen molar-refractivity contribution in [3.05, 3.63) is 23.8 Å². The molecule has 0 aromatic carbocycles. The van der Waals surface area contributed by atoms with Crippen molar-refractivity contribution < 1.29 is 10.2 Å². The number of thioether (sulfide) groups is 1. The van der Waals surface area contributed by atoms with Crippen LogP contribution in [0, 0.1) is 5.41 Å². The van der Waals surface area contributed by atoms with Crippen LogP contribution in [0.15, 0.2) is 23.8 Å². The van der Waals surface area contributed by atoms with Gasteiger partial charge in [-0.2, -0.15) is 0 Å². The molecular weight excluding hydrogens is 184 g/mol. The molecule has 2 unspecified atom stereocenters. The smallest absolute Gasteiger partial charge is 0.175 e. The van der Waals surface area contributed by atoms with Crippen LogP contribution in [-0.4, -0.2) is 20.1 Å². The van der Waals surface area contributed by atoms with E-state index in [2.05, 4.69) is 20.8 Å². The van der Waals surface area contributed by atoms with Gasteiger partial charge in [-0.15, -0.1) is 0 Å². The maximum absolute atomic E-state index is 9.83. The Hall–Kier alpha value is -0.250. The molecule has 1 aliphatic heterocycles. The first kappa shape index (κ1) is 9.31. The van der Waals surface area contributed by atoms with Gasteiger partial charge in [0, 0.05) is 0 Å². The van der Waals surface area contributed by atoms with E-state index < -0.39 is 9.87 Å². The quantitative estimate of drug-likeness (QED) is 0.581. The van der Waals surface area contributed by atoms with E-state index in [1.54, 1.807) is 12.2 Å². The van der Waals surface area contributed by atoms with E-state index in [4.69, 9.17) is 0 Å². The molecule has 2 rings (SSSR count). The minimum absolute atomic E-state index is 0.0245. The zero-order chi connectivity index (χ0) is 9.91. The fraction of sp³-hybridized carbons (Fsp3) is 0.600. The first-order valence-corrected chi connectivity index (χ1v) is 5.16. The van der Waals surface area contributed by atoms with E-state index in [9.17, 15) is 10.2 Å². The van der Waals surface area contributed by atoms with Crippen LogP contribution in [0.1, 0.15) is 20.8 Å². The van der Waals surface area contributed by atoms with Crippen molar-refractivity contribution in [1.29, 1.82) is 0 Å². The number of aliphatic hydroxyl groups is 2. The van der Waals surface area contributed by atoms with E-state index in [0.717, 1.165) is 5.57 Å². The maximum Gasteiger partial charge on any atom is 0.175 e. The van der Waals surface area contributed by atoms with Gasteiger partial charge in [0.15, 0.2) is 9.87 Å². The Morgan fingerprint density at radius 1 is 1.23 bits per heavy atom. The highest BCUT2D eigenvalue weighted by Gasteiger charge is 2.67. The monoisotopic (exact) mass is 198 g/mol. The summed E-state index contributed by atoms with van der Waals surface area (Å²) < 4.78 is 0. The van der Waals surface area contributed by atoms with Gasteiger partial charge < -0.3 is 10.2 Å². The second-order valence-corrected chi connectivity index (χ2v) is 6.13. The van der Waals surface area contributed by atoms with Crippen molar-refractivity contribution in [3.8, 4) is 0 Å². The lowest BCUT2D eigenvalue weighted by molar-refractivity contribution is 0.0776. The molecule has 0 bridgehead atoms. The van der Waals surface area contributed by atoms with Crippen LogP contribution in [-0.2, 0) is 0 Å². The SMILES string of the molecule is CC(C)(C)C1=CC2(O)SC2(O)C=C1. The molecule has 1 fully saturated rings. The molecular formula is C10H14O2S. The molecule has 1 saturated heterocycles. The van der Waals surface area contributed by atoms with Crippen LogP contribution in [0.25, 0.3) is 0 Å². The molecule has 3 heteroatoms. The van der Waals surface area contributed by atoms with Crippen molar-refractivity contribution in [3.63, 3.8) is 0 Å². The third kappa shape index (κ3) is 1.26. The van der Waals surface area contributed by atoms with Crippen LogP contribution in [0.4, 0.5) is 0 Å². The zero-order valence-corrected chi connectivity index (χ0v) is 8.85. The Bertz CT molecular complexity index is 313. The number of allylic oxidation sites excluding steroid dienone is 2. The van der Waals surface area contributed by atoms with E-state index in [-0.39, 0.29) is 5.41 Å². The molecule has 0 aromatic heterocycles. The number of fused-ring (bicyclic) bond motifs is 1. The third-order valence-corrected chi connectivity index (χ3v) is 3.78. The fourth-order valence-electron chi connectivity index (χ4n) is 1.43. The zero-order valence-electron chi connectivity index (χ0n) is 8.03. The Morgan fingerprint density at radius 3 is 2.31 bits per heavy atom. The van der Waals surface area contributed by atoms with Gasteiger partial charge in [-0.3, -0.25) is 0 Å². The van der Waals surface area contributed by atoms with Crippen LogP contribution in [0.3, 0.4) is 0 Å². The Labute approximate surface area is 82.3 Å². The highest BCUT2D eigenvalue weighted by molar-refractivity contribution is 8.09. The lowest BCUT2D eigenvalue weighted by atomic mass is 9.82. The van der Waals surface area contributed by atoms with Gasteiger partial charge in [0.25, 0.3) is 0 Å². The first-order valence-electron chi connectivity index (χ1n) is 4.34. The van der Waals surface area contributed by atoms with Gasteiger partial charge in [-0.05, 0) is 23.1 Å². The van der Waals surface area contributed by atoms with Crippen molar-refractivity contribution in [2.24, 2.45) is 5.41 Å². The van der Waals surface area contributed by atoms with E-state index in [0.29, 0.717) is 0 Å². The minimum atomic E-state index is -1.07. The average Bonchev–Trinajstić information content (AvgIpc) is 2.49. The Balaban J connectivity index is 2.33. The van der Waals surface area contributed by atoms with Gasteiger partial charge >= 0.3 is 0 Å². The predicted molar refractivity (Wildman–Crippen MR) is 54.2 cm³/mol.